The third-order valence-electron chi connectivity index (χ3n) is 4.05. The first kappa shape index (κ1) is 10.4. The molecule has 0 aromatic rings. The Bertz CT molecular complexity index is 188. The van der Waals surface area contributed by atoms with E-state index >= 15 is 0 Å². The van der Waals surface area contributed by atoms with E-state index in [0.717, 1.165) is 37.6 Å². The second kappa shape index (κ2) is 3.80. The highest BCUT2D eigenvalue weighted by Gasteiger charge is 2.44. The van der Waals surface area contributed by atoms with Gasteiger partial charge >= 0.3 is 0 Å². The molecule has 1 heterocycles. The Morgan fingerprint density at radius 2 is 1.79 bits per heavy atom. The summed E-state index contributed by atoms with van der Waals surface area (Å²) < 4.78 is 14.5. The fraction of sp³-hybridized carbons (Fsp3) is 1.00. The molecule has 2 rings (SSSR count). The summed E-state index contributed by atoms with van der Waals surface area (Å²) >= 11 is 0. The summed E-state index contributed by atoms with van der Waals surface area (Å²) in [4.78, 5) is 0. The van der Waals surface area contributed by atoms with E-state index in [1.165, 1.54) is 6.42 Å². The lowest BCUT2D eigenvalue weighted by atomic mass is 9.70. The monoisotopic (exact) mass is 199 g/mol. The summed E-state index contributed by atoms with van der Waals surface area (Å²) in [7, 11) is 0. The SMILES string of the molecule is CC1CC(C)CC(C2(F)CCNC2)C1. The summed E-state index contributed by atoms with van der Waals surface area (Å²) in [6.45, 7) is 6.01. The van der Waals surface area contributed by atoms with Crippen molar-refractivity contribution in [2.24, 2.45) is 17.8 Å². The molecule has 1 aliphatic carbocycles. The normalized spacial score (nSPS) is 49.5. The van der Waals surface area contributed by atoms with E-state index in [9.17, 15) is 4.39 Å². The molecule has 0 aromatic carbocycles. The largest absolute Gasteiger partial charge is 0.313 e. The van der Waals surface area contributed by atoms with Crippen LogP contribution in [0.2, 0.25) is 0 Å². The van der Waals surface area contributed by atoms with E-state index < -0.39 is 5.67 Å². The third-order valence-corrected chi connectivity index (χ3v) is 4.05. The zero-order valence-corrected chi connectivity index (χ0v) is 9.35. The summed E-state index contributed by atoms with van der Waals surface area (Å²) in [5.74, 6) is 1.75. The van der Waals surface area contributed by atoms with Crippen LogP contribution in [-0.4, -0.2) is 18.8 Å². The lowest BCUT2D eigenvalue weighted by Gasteiger charge is -2.38. The lowest BCUT2D eigenvalue weighted by Crippen LogP contribution is -2.39. The van der Waals surface area contributed by atoms with Gasteiger partial charge in [-0.1, -0.05) is 13.8 Å². The van der Waals surface area contributed by atoms with Crippen LogP contribution in [-0.2, 0) is 0 Å². The van der Waals surface area contributed by atoms with Gasteiger partial charge in [0.2, 0.25) is 0 Å². The predicted octanol–water partition coefficient (Wildman–Crippen LogP) is 2.76. The highest BCUT2D eigenvalue weighted by Crippen LogP contribution is 2.42. The second-order valence-corrected chi connectivity index (χ2v) is 5.58. The number of hydrogen-bond donors (Lipinski definition) is 1. The lowest BCUT2D eigenvalue weighted by molar-refractivity contribution is 0.0443. The number of alkyl halides is 1. The van der Waals surface area contributed by atoms with Gasteiger partial charge in [-0.3, -0.25) is 0 Å². The van der Waals surface area contributed by atoms with Crippen LogP contribution in [0.1, 0.15) is 39.5 Å². The molecule has 0 bridgehead atoms. The van der Waals surface area contributed by atoms with Crippen molar-refractivity contribution in [1.29, 1.82) is 0 Å². The molecule has 1 saturated heterocycles. The van der Waals surface area contributed by atoms with Crippen LogP contribution < -0.4 is 5.32 Å². The summed E-state index contributed by atoms with van der Waals surface area (Å²) in [6, 6.07) is 0. The molecule has 2 aliphatic rings. The topological polar surface area (TPSA) is 12.0 Å². The summed E-state index contributed by atoms with van der Waals surface area (Å²) in [5.41, 5.74) is -0.886. The van der Waals surface area contributed by atoms with Crippen LogP contribution >= 0.6 is 0 Å². The highest BCUT2D eigenvalue weighted by atomic mass is 19.1. The molecular weight excluding hydrogens is 177 g/mol. The van der Waals surface area contributed by atoms with Gasteiger partial charge in [0.25, 0.3) is 0 Å². The van der Waals surface area contributed by atoms with Crippen LogP contribution in [0.4, 0.5) is 4.39 Å². The standard InChI is InChI=1S/C12H22FN/c1-9-5-10(2)7-11(6-9)12(13)3-4-14-8-12/h9-11,14H,3-8H2,1-2H3. The van der Waals surface area contributed by atoms with Gasteiger partial charge in [0.05, 0.1) is 0 Å². The number of rotatable bonds is 1. The maximum Gasteiger partial charge on any atom is 0.127 e. The van der Waals surface area contributed by atoms with E-state index in [0.29, 0.717) is 12.5 Å². The smallest absolute Gasteiger partial charge is 0.127 e. The molecule has 1 aliphatic heterocycles. The first-order chi connectivity index (χ1) is 6.60. The quantitative estimate of drug-likeness (QED) is 0.684. The Kier molecular flexibility index (Phi) is 2.83. The average molecular weight is 199 g/mol. The Morgan fingerprint density at radius 3 is 2.29 bits per heavy atom. The molecule has 2 fully saturated rings. The van der Waals surface area contributed by atoms with Crippen molar-refractivity contribution in [3.05, 3.63) is 0 Å². The molecule has 0 radical (unpaired) electrons. The zero-order chi connectivity index (χ0) is 10.2. The van der Waals surface area contributed by atoms with Crippen LogP contribution in [0.15, 0.2) is 0 Å². The van der Waals surface area contributed by atoms with Gasteiger partial charge in [0.15, 0.2) is 0 Å². The molecule has 2 heteroatoms. The number of halogens is 1. The average Bonchev–Trinajstić information content (AvgIpc) is 2.52. The van der Waals surface area contributed by atoms with Crippen molar-refractivity contribution in [3.63, 3.8) is 0 Å². The van der Waals surface area contributed by atoms with Crippen LogP contribution in [0, 0.1) is 17.8 Å². The summed E-state index contributed by atoms with van der Waals surface area (Å²) in [6.07, 6.45) is 4.22. The van der Waals surface area contributed by atoms with Crippen molar-refractivity contribution in [2.45, 2.75) is 45.2 Å². The molecule has 3 unspecified atom stereocenters. The van der Waals surface area contributed by atoms with E-state index in [1.807, 2.05) is 0 Å². The number of nitrogens with one attached hydrogen (secondary N) is 1. The highest BCUT2D eigenvalue weighted by molar-refractivity contribution is 4.96. The van der Waals surface area contributed by atoms with Crippen molar-refractivity contribution in [2.75, 3.05) is 13.1 Å². The van der Waals surface area contributed by atoms with Gasteiger partial charge in [-0.05, 0) is 50.0 Å². The van der Waals surface area contributed by atoms with Crippen LogP contribution in [0.25, 0.3) is 0 Å². The molecule has 1 saturated carbocycles. The number of hydrogen-bond acceptors (Lipinski definition) is 1. The predicted molar refractivity (Wildman–Crippen MR) is 57.0 cm³/mol. The van der Waals surface area contributed by atoms with Gasteiger partial charge in [0.1, 0.15) is 5.67 Å². The van der Waals surface area contributed by atoms with E-state index in [2.05, 4.69) is 19.2 Å². The minimum absolute atomic E-state index is 0.316. The Hall–Kier alpha value is -0.110. The third kappa shape index (κ3) is 1.95. The van der Waals surface area contributed by atoms with Crippen molar-refractivity contribution in [1.82, 2.24) is 5.32 Å². The molecule has 0 aromatic heterocycles. The maximum absolute atomic E-state index is 14.5. The zero-order valence-electron chi connectivity index (χ0n) is 9.35. The Balaban J connectivity index is 2.02. The van der Waals surface area contributed by atoms with Gasteiger partial charge in [-0.25, -0.2) is 4.39 Å². The van der Waals surface area contributed by atoms with Crippen LogP contribution in [0.5, 0.6) is 0 Å². The Labute approximate surface area is 86.5 Å². The van der Waals surface area contributed by atoms with E-state index in [4.69, 9.17) is 0 Å². The van der Waals surface area contributed by atoms with Crippen molar-refractivity contribution in [3.8, 4) is 0 Å². The summed E-state index contributed by atoms with van der Waals surface area (Å²) in [5, 5.41) is 3.16. The second-order valence-electron chi connectivity index (χ2n) is 5.58. The molecule has 0 amide bonds. The minimum Gasteiger partial charge on any atom is -0.313 e. The van der Waals surface area contributed by atoms with Crippen molar-refractivity contribution < 1.29 is 4.39 Å². The van der Waals surface area contributed by atoms with E-state index in [-0.39, 0.29) is 0 Å². The first-order valence-corrected chi connectivity index (χ1v) is 6.00. The van der Waals surface area contributed by atoms with Gasteiger partial charge in [0, 0.05) is 6.54 Å². The first-order valence-electron chi connectivity index (χ1n) is 6.00. The van der Waals surface area contributed by atoms with E-state index in [1.54, 1.807) is 0 Å². The van der Waals surface area contributed by atoms with Crippen molar-refractivity contribution >= 4 is 0 Å². The molecular formula is C12H22FN. The van der Waals surface area contributed by atoms with Crippen LogP contribution in [0.3, 0.4) is 0 Å². The molecule has 3 atom stereocenters. The molecule has 82 valence electrons. The molecule has 1 nitrogen and oxygen atoms in total. The van der Waals surface area contributed by atoms with Gasteiger partial charge in [-0.15, -0.1) is 0 Å². The van der Waals surface area contributed by atoms with Gasteiger partial charge in [-0.2, -0.15) is 0 Å². The maximum atomic E-state index is 14.5. The fourth-order valence-electron chi connectivity index (χ4n) is 3.40. The minimum atomic E-state index is -0.886. The molecule has 14 heavy (non-hydrogen) atoms. The molecule has 1 N–H and O–H groups in total. The molecule has 0 spiro atoms. The Morgan fingerprint density at radius 1 is 1.14 bits per heavy atom. The fourth-order valence-corrected chi connectivity index (χ4v) is 3.40. The van der Waals surface area contributed by atoms with Gasteiger partial charge < -0.3 is 5.32 Å².